The number of aromatic nitrogens is 1. The van der Waals surface area contributed by atoms with Crippen LogP contribution in [0.5, 0.6) is 0 Å². The molecule has 0 aliphatic heterocycles. The molecule has 15 heavy (non-hydrogen) atoms. The fourth-order valence-corrected chi connectivity index (χ4v) is 1.01. The maximum absolute atomic E-state index is 13.1. The molecule has 0 unspecified atom stereocenters. The van der Waals surface area contributed by atoms with Gasteiger partial charge in [0.25, 0.3) is 0 Å². The fraction of sp³-hybridized carbons (Fsp3) is 0.300. The third-order valence-electron chi connectivity index (χ3n) is 1.66. The Bertz CT molecular complexity index is 412. The number of hydrogen-bond donors (Lipinski definition) is 0. The highest BCUT2D eigenvalue weighted by Gasteiger charge is 2.08. The van der Waals surface area contributed by atoms with E-state index in [9.17, 15) is 9.18 Å². The Hall–Kier alpha value is -1.96. The number of carbonyl (C=O) groups is 1. The molecule has 0 aromatic carbocycles. The molecular weight excluding hydrogens is 199 g/mol. The van der Waals surface area contributed by atoms with Crippen LogP contribution in [0.1, 0.15) is 18.2 Å². The molecule has 1 heterocycles. The first-order chi connectivity index (χ1) is 7.17. The lowest BCUT2D eigenvalue weighted by Gasteiger charge is -2.01. The second-order valence-corrected chi connectivity index (χ2v) is 2.75. The molecule has 78 valence electrons. The number of hydrogen-bond acceptors (Lipinski definition) is 4. The predicted octanol–water partition coefficient (Wildman–Crippen LogP) is 1.20. The molecule has 0 saturated heterocycles. The summed E-state index contributed by atoms with van der Waals surface area (Å²) in [6.07, 6.45) is 1.01. The smallest absolute Gasteiger partial charge is 0.311 e. The number of nitrogens with zero attached hydrogens (tertiary/aromatic N) is 2. The van der Waals surface area contributed by atoms with Crippen LogP contribution in [-0.4, -0.2) is 17.6 Å². The summed E-state index contributed by atoms with van der Waals surface area (Å²) in [4.78, 5) is 14.8. The van der Waals surface area contributed by atoms with Crippen LogP contribution >= 0.6 is 0 Å². The van der Waals surface area contributed by atoms with E-state index in [1.165, 1.54) is 0 Å². The van der Waals surface area contributed by atoms with E-state index >= 15 is 0 Å². The van der Waals surface area contributed by atoms with Gasteiger partial charge in [0.05, 0.1) is 18.7 Å². The number of carbonyl (C=O) groups excluding carboxylic acids is 1. The standard InChI is InChI=1S/C10H9FN2O2/c1-2-15-10(14)4-8-3-9(11)7(5-12)6-13-8/h3,6H,2,4H2,1H3. The van der Waals surface area contributed by atoms with E-state index in [0.29, 0.717) is 0 Å². The van der Waals surface area contributed by atoms with Gasteiger partial charge in [-0.15, -0.1) is 0 Å². The first-order valence-corrected chi connectivity index (χ1v) is 4.37. The highest BCUT2D eigenvalue weighted by molar-refractivity contribution is 5.71. The van der Waals surface area contributed by atoms with Gasteiger partial charge in [0.15, 0.2) is 0 Å². The molecule has 0 bridgehead atoms. The lowest BCUT2D eigenvalue weighted by molar-refractivity contribution is -0.142. The van der Waals surface area contributed by atoms with E-state index in [-0.39, 0.29) is 24.3 Å². The zero-order valence-corrected chi connectivity index (χ0v) is 8.16. The monoisotopic (exact) mass is 208 g/mol. The van der Waals surface area contributed by atoms with E-state index in [1.807, 2.05) is 0 Å². The summed E-state index contributed by atoms with van der Waals surface area (Å²) in [7, 11) is 0. The number of rotatable bonds is 3. The van der Waals surface area contributed by atoms with Crippen LogP contribution in [0.3, 0.4) is 0 Å². The molecule has 5 heteroatoms. The molecule has 0 N–H and O–H groups in total. The van der Waals surface area contributed by atoms with Crippen molar-refractivity contribution in [3.05, 3.63) is 29.3 Å². The number of halogens is 1. The average molecular weight is 208 g/mol. The van der Waals surface area contributed by atoms with Gasteiger partial charge < -0.3 is 4.74 Å². The molecule has 0 atom stereocenters. The molecule has 0 fully saturated rings. The van der Waals surface area contributed by atoms with Gasteiger partial charge in [-0.2, -0.15) is 5.26 Å². The average Bonchev–Trinajstić information content (AvgIpc) is 2.18. The zero-order valence-electron chi connectivity index (χ0n) is 8.16. The summed E-state index contributed by atoms with van der Waals surface area (Å²) in [6, 6.07) is 2.71. The lowest BCUT2D eigenvalue weighted by atomic mass is 10.2. The topological polar surface area (TPSA) is 63.0 Å². The number of nitriles is 1. The highest BCUT2D eigenvalue weighted by atomic mass is 19.1. The van der Waals surface area contributed by atoms with Gasteiger partial charge in [0, 0.05) is 6.20 Å². The lowest BCUT2D eigenvalue weighted by Crippen LogP contribution is -2.09. The summed E-state index contributed by atoms with van der Waals surface area (Å²) in [5.41, 5.74) is 0.118. The van der Waals surface area contributed by atoms with Crippen molar-refractivity contribution in [1.82, 2.24) is 4.98 Å². The van der Waals surface area contributed by atoms with Crippen LogP contribution in [0.15, 0.2) is 12.3 Å². The summed E-state index contributed by atoms with van der Waals surface area (Å²) < 4.78 is 17.7. The van der Waals surface area contributed by atoms with Crippen LogP contribution in [-0.2, 0) is 16.0 Å². The molecule has 1 rings (SSSR count). The largest absolute Gasteiger partial charge is 0.466 e. The van der Waals surface area contributed by atoms with Crippen molar-refractivity contribution >= 4 is 5.97 Å². The van der Waals surface area contributed by atoms with Crippen LogP contribution < -0.4 is 0 Å². The third-order valence-corrected chi connectivity index (χ3v) is 1.66. The first-order valence-electron chi connectivity index (χ1n) is 4.37. The van der Waals surface area contributed by atoms with Crippen molar-refractivity contribution in [3.8, 4) is 6.07 Å². The Kier molecular flexibility index (Phi) is 3.75. The Labute approximate surface area is 86.3 Å². The van der Waals surface area contributed by atoms with Crippen LogP contribution in [0.25, 0.3) is 0 Å². The Morgan fingerprint density at radius 3 is 3.00 bits per heavy atom. The second kappa shape index (κ2) is 5.05. The van der Waals surface area contributed by atoms with E-state index in [0.717, 1.165) is 12.3 Å². The van der Waals surface area contributed by atoms with E-state index in [1.54, 1.807) is 13.0 Å². The molecule has 1 aromatic rings. The van der Waals surface area contributed by atoms with Crippen molar-refractivity contribution in [1.29, 1.82) is 5.26 Å². The van der Waals surface area contributed by atoms with E-state index < -0.39 is 11.8 Å². The van der Waals surface area contributed by atoms with Crippen molar-refractivity contribution in [3.63, 3.8) is 0 Å². The van der Waals surface area contributed by atoms with Gasteiger partial charge in [0.2, 0.25) is 0 Å². The van der Waals surface area contributed by atoms with Crippen molar-refractivity contribution < 1.29 is 13.9 Å². The maximum atomic E-state index is 13.1. The molecule has 1 aromatic heterocycles. The molecule has 0 radical (unpaired) electrons. The molecule has 0 spiro atoms. The van der Waals surface area contributed by atoms with Crippen molar-refractivity contribution in [2.45, 2.75) is 13.3 Å². The molecule has 0 aliphatic rings. The van der Waals surface area contributed by atoms with Crippen molar-refractivity contribution in [2.75, 3.05) is 6.61 Å². The van der Waals surface area contributed by atoms with Crippen LogP contribution in [0, 0.1) is 17.1 Å². The van der Waals surface area contributed by atoms with Crippen LogP contribution in [0.2, 0.25) is 0 Å². The fourth-order valence-electron chi connectivity index (χ4n) is 1.01. The summed E-state index contributed by atoms with van der Waals surface area (Å²) in [5.74, 6) is -1.14. The molecule has 0 saturated carbocycles. The Morgan fingerprint density at radius 2 is 2.47 bits per heavy atom. The Balaban J connectivity index is 2.76. The maximum Gasteiger partial charge on any atom is 0.311 e. The van der Waals surface area contributed by atoms with Crippen LogP contribution in [0.4, 0.5) is 4.39 Å². The van der Waals surface area contributed by atoms with Gasteiger partial charge in [-0.05, 0) is 13.0 Å². The summed E-state index contributed by atoms with van der Waals surface area (Å²) in [6.45, 7) is 1.96. The minimum absolute atomic E-state index is 0.0868. The van der Waals surface area contributed by atoms with Gasteiger partial charge >= 0.3 is 5.97 Å². The summed E-state index contributed by atoms with van der Waals surface area (Å²) >= 11 is 0. The molecule has 4 nitrogen and oxygen atoms in total. The number of pyridine rings is 1. The first kappa shape index (κ1) is 11.1. The number of esters is 1. The minimum atomic E-state index is -0.674. The SMILES string of the molecule is CCOC(=O)Cc1cc(F)c(C#N)cn1. The number of ether oxygens (including phenoxy) is 1. The van der Waals surface area contributed by atoms with Gasteiger partial charge in [-0.1, -0.05) is 0 Å². The highest BCUT2D eigenvalue weighted by Crippen LogP contribution is 2.07. The van der Waals surface area contributed by atoms with Crippen molar-refractivity contribution in [2.24, 2.45) is 0 Å². The van der Waals surface area contributed by atoms with E-state index in [2.05, 4.69) is 9.72 Å². The molecular formula is C10H9FN2O2. The van der Waals surface area contributed by atoms with Gasteiger partial charge in [0.1, 0.15) is 17.4 Å². The second-order valence-electron chi connectivity index (χ2n) is 2.75. The molecule has 0 aliphatic carbocycles. The third kappa shape index (κ3) is 3.02. The molecule has 0 amide bonds. The quantitative estimate of drug-likeness (QED) is 0.700. The normalized spacial score (nSPS) is 9.40. The van der Waals surface area contributed by atoms with Gasteiger partial charge in [-0.3, -0.25) is 9.78 Å². The van der Waals surface area contributed by atoms with Gasteiger partial charge in [-0.25, -0.2) is 4.39 Å². The Morgan fingerprint density at radius 1 is 1.73 bits per heavy atom. The predicted molar refractivity (Wildman–Crippen MR) is 49.2 cm³/mol. The minimum Gasteiger partial charge on any atom is -0.466 e. The summed E-state index contributed by atoms with van der Waals surface area (Å²) in [5, 5.41) is 8.45. The zero-order chi connectivity index (χ0) is 11.3. The van der Waals surface area contributed by atoms with E-state index in [4.69, 9.17) is 5.26 Å².